The molecule has 0 aliphatic heterocycles. The lowest BCUT2D eigenvalue weighted by molar-refractivity contribution is 0.697. The normalized spacial score (nSPS) is 10.8. The monoisotopic (exact) mass is 301 g/mol. The van der Waals surface area contributed by atoms with Gasteiger partial charge in [-0.15, -0.1) is 22.7 Å². The van der Waals surface area contributed by atoms with Crippen molar-refractivity contribution < 1.29 is 0 Å². The minimum absolute atomic E-state index is 0.800. The number of aryl methyl sites for hydroxylation is 1. The summed E-state index contributed by atoms with van der Waals surface area (Å²) < 4.78 is 0. The van der Waals surface area contributed by atoms with E-state index in [1.54, 1.807) is 22.7 Å². The van der Waals surface area contributed by atoms with E-state index in [0.717, 1.165) is 28.8 Å². The fourth-order valence-corrected chi connectivity index (χ4v) is 3.45. The molecule has 1 N–H and O–H groups in total. The molecule has 0 fully saturated rings. The summed E-state index contributed by atoms with van der Waals surface area (Å²) in [6.07, 6.45) is 1.93. The van der Waals surface area contributed by atoms with Crippen LogP contribution in [0.5, 0.6) is 0 Å². The molecular weight excluding hydrogens is 286 g/mol. The van der Waals surface area contributed by atoms with E-state index in [2.05, 4.69) is 32.8 Å². The van der Waals surface area contributed by atoms with E-state index < -0.39 is 0 Å². The van der Waals surface area contributed by atoms with Crippen LogP contribution in [0.25, 0.3) is 11.3 Å². The van der Waals surface area contributed by atoms with Crippen LogP contribution in [-0.4, -0.2) is 9.97 Å². The van der Waals surface area contributed by atoms with E-state index in [9.17, 15) is 0 Å². The Morgan fingerprint density at radius 1 is 1.15 bits per heavy atom. The van der Waals surface area contributed by atoms with Crippen molar-refractivity contribution in [1.29, 1.82) is 0 Å². The largest absolute Gasteiger partial charge is 0.305 e. The molecule has 0 atom stereocenters. The van der Waals surface area contributed by atoms with Crippen molar-refractivity contribution in [1.82, 2.24) is 15.3 Å². The molecule has 2 aromatic heterocycles. The molecular formula is C15H15N3S2. The van der Waals surface area contributed by atoms with Crippen molar-refractivity contribution in [3.8, 4) is 11.3 Å². The minimum atomic E-state index is 0.800. The molecule has 3 rings (SSSR count). The first kappa shape index (κ1) is 13.4. The molecule has 0 radical (unpaired) electrons. The van der Waals surface area contributed by atoms with Crippen LogP contribution in [0.3, 0.4) is 0 Å². The van der Waals surface area contributed by atoms with Gasteiger partial charge in [-0.05, 0) is 6.92 Å². The van der Waals surface area contributed by atoms with Gasteiger partial charge >= 0.3 is 0 Å². The van der Waals surface area contributed by atoms with E-state index in [1.807, 2.05) is 31.3 Å². The molecule has 0 aliphatic rings. The van der Waals surface area contributed by atoms with E-state index >= 15 is 0 Å². The zero-order chi connectivity index (χ0) is 13.8. The van der Waals surface area contributed by atoms with Crippen molar-refractivity contribution in [2.75, 3.05) is 0 Å². The maximum absolute atomic E-state index is 4.66. The molecule has 0 amide bonds. The average Bonchev–Trinajstić information content (AvgIpc) is 3.09. The van der Waals surface area contributed by atoms with E-state index in [-0.39, 0.29) is 0 Å². The van der Waals surface area contributed by atoms with Crippen LogP contribution in [0.1, 0.15) is 14.9 Å². The van der Waals surface area contributed by atoms with Crippen LogP contribution in [0.15, 0.2) is 41.9 Å². The molecule has 0 saturated heterocycles. The zero-order valence-corrected chi connectivity index (χ0v) is 12.8. The highest BCUT2D eigenvalue weighted by Gasteiger charge is 2.04. The lowest BCUT2D eigenvalue weighted by Crippen LogP contribution is -2.11. The average molecular weight is 301 g/mol. The molecule has 0 spiro atoms. The lowest BCUT2D eigenvalue weighted by Gasteiger charge is -1.99. The fourth-order valence-electron chi connectivity index (χ4n) is 1.91. The lowest BCUT2D eigenvalue weighted by atomic mass is 10.2. The zero-order valence-electron chi connectivity index (χ0n) is 11.2. The first-order valence-electron chi connectivity index (χ1n) is 6.43. The Labute approximate surface area is 126 Å². The Morgan fingerprint density at radius 2 is 2.00 bits per heavy atom. The van der Waals surface area contributed by atoms with Gasteiger partial charge in [-0.1, -0.05) is 30.3 Å². The number of nitrogens with zero attached hydrogens (tertiary/aromatic N) is 2. The van der Waals surface area contributed by atoms with Crippen molar-refractivity contribution in [2.45, 2.75) is 20.0 Å². The first-order valence-corrected chi connectivity index (χ1v) is 8.13. The number of nitrogens with one attached hydrogen (secondary N) is 1. The van der Waals surface area contributed by atoms with Gasteiger partial charge < -0.3 is 5.32 Å². The van der Waals surface area contributed by atoms with Crippen LogP contribution < -0.4 is 5.32 Å². The molecule has 102 valence electrons. The summed E-state index contributed by atoms with van der Waals surface area (Å²) in [7, 11) is 0. The highest BCUT2D eigenvalue weighted by atomic mass is 32.1. The maximum Gasteiger partial charge on any atom is 0.107 e. The predicted molar refractivity (Wildman–Crippen MR) is 84.9 cm³/mol. The van der Waals surface area contributed by atoms with Gasteiger partial charge in [-0.3, -0.25) is 0 Å². The molecule has 5 heteroatoms. The summed E-state index contributed by atoms with van der Waals surface area (Å²) in [5.74, 6) is 0. The van der Waals surface area contributed by atoms with Gasteiger partial charge in [0.2, 0.25) is 0 Å². The Kier molecular flexibility index (Phi) is 4.20. The number of hydrogen-bond donors (Lipinski definition) is 1. The van der Waals surface area contributed by atoms with Crippen LogP contribution >= 0.6 is 22.7 Å². The van der Waals surface area contributed by atoms with Crippen molar-refractivity contribution in [3.63, 3.8) is 0 Å². The summed E-state index contributed by atoms with van der Waals surface area (Å²) in [4.78, 5) is 10.2. The first-order chi connectivity index (χ1) is 9.81. The fraction of sp³-hybridized carbons (Fsp3) is 0.200. The third-order valence-electron chi connectivity index (χ3n) is 2.87. The summed E-state index contributed by atoms with van der Waals surface area (Å²) in [5, 5.41) is 7.76. The van der Waals surface area contributed by atoms with Crippen LogP contribution in [0, 0.1) is 6.92 Å². The van der Waals surface area contributed by atoms with Gasteiger partial charge in [0.25, 0.3) is 0 Å². The highest BCUT2D eigenvalue weighted by Crippen LogP contribution is 2.21. The van der Waals surface area contributed by atoms with E-state index in [1.165, 1.54) is 10.4 Å². The number of thiazole rings is 2. The van der Waals surface area contributed by atoms with Crippen molar-refractivity contribution in [2.24, 2.45) is 0 Å². The minimum Gasteiger partial charge on any atom is -0.305 e. The second-order valence-electron chi connectivity index (χ2n) is 4.44. The third-order valence-corrected chi connectivity index (χ3v) is 4.63. The smallest absolute Gasteiger partial charge is 0.107 e. The Morgan fingerprint density at radius 3 is 2.75 bits per heavy atom. The molecule has 3 nitrogen and oxygen atoms in total. The van der Waals surface area contributed by atoms with E-state index in [0.29, 0.717) is 0 Å². The summed E-state index contributed by atoms with van der Waals surface area (Å²) >= 11 is 3.43. The molecule has 0 bridgehead atoms. The van der Waals surface area contributed by atoms with Gasteiger partial charge in [-0.2, -0.15) is 0 Å². The van der Waals surface area contributed by atoms with Gasteiger partial charge in [0.15, 0.2) is 0 Å². The van der Waals surface area contributed by atoms with Crippen LogP contribution in [-0.2, 0) is 13.1 Å². The number of benzene rings is 1. The molecule has 0 saturated carbocycles. The highest BCUT2D eigenvalue weighted by molar-refractivity contribution is 7.11. The van der Waals surface area contributed by atoms with Gasteiger partial charge in [-0.25, -0.2) is 9.97 Å². The van der Waals surface area contributed by atoms with E-state index in [4.69, 9.17) is 0 Å². The number of aromatic nitrogens is 2. The third kappa shape index (κ3) is 3.30. The maximum atomic E-state index is 4.66. The van der Waals surface area contributed by atoms with Gasteiger partial charge in [0, 0.05) is 35.1 Å². The summed E-state index contributed by atoms with van der Waals surface area (Å²) in [6.45, 7) is 3.68. The molecule has 3 aromatic rings. The molecule has 20 heavy (non-hydrogen) atoms. The topological polar surface area (TPSA) is 37.8 Å². The van der Waals surface area contributed by atoms with Crippen molar-refractivity contribution in [3.05, 3.63) is 56.8 Å². The quantitative estimate of drug-likeness (QED) is 0.777. The Bertz CT molecular complexity index is 673. The van der Waals surface area contributed by atoms with Crippen LogP contribution in [0.4, 0.5) is 0 Å². The molecule has 0 unspecified atom stereocenters. The Hall–Kier alpha value is -1.56. The molecule has 1 aromatic carbocycles. The molecule has 0 aliphatic carbocycles. The number of hydrogen-bond acceptors (Lipinski definition) is 5. The summed E-state index contributed by atoms with van der Waals surface area (Å²) in [5.41, 5.74) is 2.23. The van der Waals surface area contributed by atoms with Gasteiger partial charge in [0.05, 0.1) is 10.7 Å². The van der Waals surface area contributed by atoms with Crippen molar-refractivity contribution >= 4 is 22.7 Å². The second-order valence-corrected chi connectivity index (χ2v) is 6.70. The Balaban J connectivity index is 1.58. The standard InChI is InChI=1S/C15H15N3S2/c1-11-17-8-13(20-11)7-16-9-15-18-14(10-19-15)12-5-3-2-4-6-12/h2-6,8,10,16H,7,9H2,1H3. The van der Waals surface area contributed by atoms with Gasteiger partial charge in [0.1, 0.15) is 5.01 Å². The molecule has 2 heterocycles. The predicted octanol–water partition coefficient (Wildman–Crippen LogP) is 3.86. The SMILES string of the molecule is Cc1ncc(CNCc2nc(-c3ccccc3)cs2)s1. The second kappa shape index (κ2) is 6.26. The van der Waals surface area contributed by atoms with Crippen LogP contribution in [0.2, 0.25) is 0 Å². The summed E-state index contributed by atoms with van der Waals surface area (Å²) in [6, 6.07) is 10.3. The number of rotatable bonds is 5.